The van der Waals surface area contributed by atoms with Crippen LogP contribution in [-0.2, 0) is 9.59 Å². The monoisotopic (exact) mass is 254 g/mol. The fourth-order valence-corrected chi connectivity index (χ4v) is 2.84. The predicted molar refractivity (Wildman–Crippen MR) is 72.1 cm³/mol. The van der Waals surface area contributed by atoms with Crippen LogP contribution < -0.4 is 5.32 Å². The smallest absolute Gasteiger partial charge is 0.249 e. The van der Waals surface area contributed by atoms with E-state index in [2.05, 4.69) is 19.2 Å². The van der Waals surface area contributed by atoms with E-state index >= 15 is 0 Å². The van der Waals surface area contributed by atoms with E-state index in [9.17, 15) is 9.59 Å². The van der Waals surface area contributed by atoms with E-state index in [0.717, 1.165) is 12.8 Å². The van der Waals surface area contributed by atoms with Gasteiger partial charge in [0.2, 0.25) is 11.8 Å². The molecule has 0 aliphatic carbocycles. The van der Waals surface area contributed by atoms with Gasteiger partial charge in [-0.2, -0.15) is 0 Å². The number of nitrogens with one attached hydrogen (secondary N) is 1. The van der Waals surface area contributed by atoms with Gasteiger partial charge in [0.1, 0.15) is 11.6 Å². The summed E-state index contributed by atoms with van der Waals surface area (Å²) in [6.07, 6.45) is 3.08. The van der Waals surface area contributed by atoms with Gasteiger partial charge in [-0.15, -0.1) is 0 Å². The SMILES string of the molecule is CCC(CC)N1C(=O)C(CC)(CC)NC(=O)C1C. The molecule has 0 bridgehead atoms. The van der Waals surface area contributed by atoms with Crippen LogP contribution in [0.15, 0.2) is 0 Å². The Labute approximate surface area is 110 Å². The molecule has 1 saturated heterocycles. The lowest BCUT2D eigenvalue weighted by atomic mass is 9.86. The molecular weight excluding hydrogens is 228 g/mol. The Kier molecular flexibility index (Phi) is 4.77. The number of carbonyl (C=O) groups is 2. The van der Waals surface area contributed by atoms with E-state index in [4.69, 9.17) is 0 Å². The number of carbonyl (C=O) groups excluding carboxylic acids is 2. The minimum Gasteiger partial charge on any atom is -0.340 e. The molecule has 0 saturated carbocycles. The highest BCUT2D eigenvalue weighted by atomic mass is 16.2. The van der Waals surface area contributed by atoms with Crippen LogP contribution in [0.4, 0.5) is 0 Å². The maximum absolute atomic E-state index is 12.7. The highest BCUT2D eigenvalue weighted by Gasteiger charge is 2.48. The van der Waals surface area contributed by atoms with E-state index < -0.39 is 5.54 Å². The van der Waals surface area contributed by atoms with Gasteiger partial charge < -0.3 is 10.2 Å². The molecule has 0 spiro atoms. The zero-order valence-electron chi connectivity index (χ0n) is 12.2. The summed E-state index contributed by atoms with van der Waals surface area (Å²) in [5.74, 6) is 0.0681. The summed E-state index contributed by atoms with van der Waals surface area (Å²) in [5.41, 5.74) is -0.688. The summed E-state index contributed by atoms with van der Waals surface area (Å²) in [5, 5.41) is 2.93. The van der Waals surface area contributed by atoms with Crippen LogP contribution in [0.1, 0.15) is 60.3 Å². The first-order chi connectivity index (χ1) is 8.47. The van der Waals surface area contributed by atoms with E-state index in [0.29, 0.717) is 12.8 Å². The number of amides is 2. The molecule has 1 fully saturated rings. The van der Waals surface area contributed by atoms with Crippen molar-refractivity contribution in [2.45, 2.75) is 77.9 Å². The van der Waals surface area contributed by atoms with Crippen LogP contribution in [0.2, 0.25) is 0 Å². The molecule has 4 nitrogen and oxygen atoms in total. The van der Waals surface area contributed by atoms with E-state index in [1.54, 1.807) is 0 Å². The number of piperazine rings is 1. The third kappa shape index (κ3) is 2.25. The fraction of sp³-hybridized carbons (Fsp3) is 0.857. The summed E-state index contributed by atoms with van der Waals surface area (Å²) >= 11 is 0. The Hall–Kier alpha value is -1.06. The van der Waals surface area contributed by atoms with Gasteiger partial charge in [-0.05, 0) is 32.6 Å². The number of rotatable bonds is 5. The summed E-state index contributed by atoms with van der Waals surface area (Å²) in [6.45, 7) is 9.88. The van der Waals surface area contributed by atoms with Crippen molar-refractivity contribution < 1.29 is 9.59 Å². The summed E-state index contributed by atoms with van der Waals surface area (Å²) < 4.78 is 0. The van der Waals surface area contributed by atoms with Crippen molar-refractivity contribution in [3.63, 3.8) is 0 Å². The quantitative estimate of drug-likeness (QED) is 0.816. The third-order valence-electron chi connectivity index (χ3n) is 4.35. The largest absolute Gasteiger partial charge is 0.340 e. The number of hydrogen-bond acceptors (Lipinski definition) is 2. The molecule has 4 heteroatoms. The second kappa shape index (κ2) is 5.72. The molecule has 0 radical (unpaired) electrons. The number of nitrogens with zero attached hydrogens (tertiary/aromatic N) is 1. The van der Waals surface area contributed by atoms with Crippen molar-refractivity contribution in [3.8, 4) is 0 Å². The van der Waals surface area contributed by atoms with Crippen LogP contribution >= 0.6 is 0 Å². The molecule has 1 heterocycles. The minimum atomic E-state index is -0.688. The summed E-state index contributed by atoms with van der Waals surface area (Å²) in [4.78, 5) is 26.7. The molecule has 1 rings (SSSR count). The van der Waals surface area contributed by atoms with Crippen molar-refractivity contribution in [1.82, 2.24) is 10.2 Å². The molecule has 1 unspecified atom stereocenters. The third-order valence-corrected chi connectivity index (χ3v) is 4.35. The molecule has 0 aromatic heterocycles. The van der Waals surface area contributed by atoms with Gasteiger partial charge in [-0.1, -0.05) is 27.7 Å². The van der Waals surface area contributed by atoms with Crippen LogP contribution in [-0.4, -0.2) is 34.3 Å². The molecule has 1 aliphatic rings. The van der Waals surface area contributed by atoms with Crippen molar-refractivity contribution in [2.75, 3.05) is 0 Å². The first-order valence-electron chi connectivity index (χ1n) is 7.12. The average molecular weight is 254 g/mol. The van der Waals surface area contributed by atoms with Gasteiger partial charge >= 0.3 is 0 Å². The Balaban J connectivity index is 3.13. The molecule has 2 amide bonds. The van der Waals surface area contributed by atoms with Gasteiger partial charge in [0.15, 0.2) is 0 Å². The van der Waals surface area contributed by atoms with E-state index in [-0.39, 0.29) is 23.9 Å². The highest BCUT2D eigenvalue weighted by molar-refractivity contribution is 5.99. The first kappa shape index (κ1) is 15.0. The second-order valence-corrected chi connectivity index (χ2v) is 5.14. The van der Waals surface area contributed by atoms with Crippen LogP contribution in [0.3, 0.4) is 0 Å². The molecule has 1 atom stereocenters. The average Bonchev–Trinajstić information content (AvgIpc) is 2.39. The second-order valence-electron chi connectivity index (χ2n) is 5.14. The first-order valence-corrected chi connectivity index (χ1v) is 7.12. The van der Waals surface area contributed by atoms with Crippen molar-refractivity contribution in [3.05, 3.63) is 0 Å². The Bertz CT molecular complexity index is 320. The van der Waals surface area contributed by atoms with E-state index in [1.165, 1.54) is 0 Å². The fourth-order valence-electron chi connectivity index (χ4n) is 2.84. The van der Waals surface area contributed by atoms with Crippen LogP contribution in [0, 0.1) is 0 Å². The summed E-state index contributed by atoms with van der Waals surface area (Å²) in [7, 11) is 0. The van der Waals surface area contributed by atoms with Crippen molar-refractivity contribution in [2.24, 2.45) is 0 Å². The lowest BCUT2D eigenvalue weighted by Crippen LogP contribution is -2.71. The van der Waals surface area contributed by atoms with Gasteiger partial charge in [-0.25, -0.2) is 0 Å². The predicted octanol–water partition coefficient (Wildman–Crippen LogP) is 2.08. The lowest BCUT2D eigenvalue weighted by molar-refractivity contribution is -0.157. The Morgan fingerprint density at radius 2 is 1.67 bits per heavy atom. The topological polar surface area (TPSA) is 49.4 Å². The van der Waals surface area contributed by atoms with Gasteiger partial charge in [-0.3, -0.25) is 9.59 Å². The van der Waals surface area contributed by atoms with Crippen molar-refractivity contribution >= 4 is 11.8 Å². The van der Waals surface area contributed by atoms with Crippen LogP contribution in [0.25, 0.3) is 0 Å². The zero-order chi connectivity index (χ0) is 13.9. The lowest BCUT2D eigenvalue weighted by Gasteiger charge is -2.47. The van der Waals surface area contributed by atoms with Gasteiger partial charge in [0.25, 0.3) is 0 Å². The summed E-state index contributed by atoms with van der Waals surface area (Å²) in [6, 6.07) is -0.190. The molecule has 0 aromatic rings. The number of hydrogen-bond donors (Lipinski definition) is 1. The van der Waals surface area contributed by atoms with Gasteiger partial charge in [0, 0.05) is 6.04 Å². The highest BCUT2D eigenvalue weighted by Crippen LogP contribution is 2.28. The maximum atomic E-state index is 12.7. The van der Waals surface area contributed by atoms with Gasteiger partial charge in [0.05, 0.1) is 0 Å². The molecule has 104 valence electrons. The van der Waals surface area contributed by atoms with E-state index in [1.807, 2.05) is 25.7 Å². The molecular formula is C14H26N2O2. The standard InChI is InChI=1S/C14H26N2O2/c1-6-11(7-2)16-10(5)12(17)15-14(8-3,9-4)13(16)18/h10-11H,6-9H2,1-5H3,(H,15,17). The zero-order valence-corrected chi connectivity index (χ0v) is 12.2. The molecule has 1 aliphatic heterocycles. The van der Waals surface area contributed by atoms with Crippen molar-refractivity contribution in [1.29, 1.82) is 0 Å². The molecule has 0 aromatic carbocycles. The molecule has 1 N–H and O–H groups in total. The Morgan fingerprint density at radius 3 is 2.06 bits per heavy atom. The van der Waals surface area contributed by atoms with Crippen LogP contribution in [0.5, 0.6) is 0 Å². The Morgan fingerprint density at radius 1 is 1.17 bits per heavy atom. The normalized spacial score (nSPS) is 23.4. The molecule has 18 heavy (non-hydrogen) atoms. The minimum absolute atomic E-state index is 0.0230. The maximum Gasteiger partial charge on any atom is 0.249 e.